The Bertz CT molecular complexity index is 121. The Balaban J connectivity index is 2.51. The Labute approximate surface area is 76.9 Å². The van der Waals surface area contributed by atoms with Gasteiger partial charge in [-0.2, -0.15) is 0 Å². The smallest absolute Gasteiger partial charge is 0.0121 e. The van der Waals surface area contributed by atoms with Gasteiger partial charge in [0.15, 0.2) is 0 Å². The van der Waals surface area contributed by atoms with E-state index in [1.807, 2.05) is 0 Å². The molecular weight excluding hydrogens is 146 g/mol. The third kappa shape index (κ3) is 2.01. The summed E-state index contributed by atoms with van der Waals surface area (Å²) in [5, 5.41) is 3.66. The number of hydrogen-bond donors (Lipinski definition) is 1. The highest BCUT2D eigenvalue weighted by atomic mass is 14.9. The van der Waals surface area contributed by atoms with Gasteiger partial charge in [-0.1, -0.05) is 27.2 Å². The molecule has 0 amide bonds. The zero-order valence-corrected chi connectivity index (χ0v) is 8.82. The predicted molar refractivity (Wildman–Crippen MR) is 54.3 cm³/mol. The molecule has 0 spiro atoms. The molecule has 1 aliphatic rings. The molecule has 72 valence electrons. The van der Waals surface area contributed by atoms with Gasteiger partial charge < -0.3 is 5.32 Å². The van der Waals surface area contributed by atoms with Crippen LogP contribution < -0.4 is 5.32 Å². The maximum absolute atomic E-state index is 3.66. The van der Waals surface area contributed by atoms with Crippen molar-refractivity contribution < 1.29 is 0 Å². The van der Waals surface area contributed by atoms with Gasteiger partial charge in [0.05, 0.1) is 0 Å². The van der Waals surface area contributed by atoms with Crippen LogP contribution in [0.3, 0.4) is 0 Å². The number of hydrogen-bond acceptors (Lipinski definition) is 1. The Morgan fingerprint density at radius 3 is 2.33 bits per heavy atom. The lowest BCUT2D eigenvalue weighted by molar-refractivity contribution is 0.167. The van der Waals surface area contributed by atoms with Crippen LogP contribution in [0.2, 0.25) is 0 Å². The summed E-state index contributed by atoms with van der Waals surface area (Å²) in [4.78, 5) is 0. The third-order valence-electron chi connectivity index (χ3n) is 3.77. The molecule has 0 saturated carbocycles. The summed E-state index contributed by atoms with van der Waals surface area (Å²) in [7, 11) is 0. The molecule has 1 atom stereocenters. The predicted octanol–water partition coefficient (Wildman–Crippen LogP) is 2.95. The van der Waals surface area contributed by atoms with Crippen LogP contribution in [0.15, 0.2) is 0 Å². The standard InChI is InChI=1S/C11H23N/c1-4-11(3,5-2)10-8-6-7-9-12-10/h10,12H,4-9H2,1-3H3/t10-/m0/s1. The zero-order chi connectivity index (χ0) is 9.03. The van der Waals surface area contributed by atoms with Gasteiger partial charge in [-0.05, 0) is 37.6 Å². The first-order valence-electron chi connectivity index (χ1n) is 5.46. The number of piperidine rings is 1. The molecule has 12 heavy (non-hydrogen) atoms. The monoisotopic (exact) mass is 169 g/mol. The van der Waals surface area contributed by atoms with Crippen LogP contribution in [-0.4, -0.2) is 12.6 Å². The topological polar surface area (TPSA) is 12.0 Å². The molecule has 1 saturated heterocycles. The molecule has 1 heteroatoms. The molecule has 1 heterocycles. The minimum absolute atomic E-state index is 0.542. The van der Waals surface area contributed by atoms with E-state index in [-0.39, 0.29) is 0 Å². The van der Waals surface area contributed by atoms with Crippen molar-refractivity contribution in [2.45, 2.75) is 58.9 Å². The fourth-order valence-corrected chi connectivity index (χ4v) is 2.19. The fraction of sp³-hybridized carbons (Fsp3) is 1.00. The quantitative estimate of drug-likeness (QED) is 0.685. The highest BCUT2D eigenvalue weighted by Crippen LogP contribution is 2.33. The maximum atomic E-state index is 3.66. The molecule has 1 fully saturated rings. The molecule has 0 bridgehead atoms. The largest absolute Gasteiger partial charge is 0.313 e. The van der Waals surface area contributed by atoms with Gasteiger partial charge in [0.25, 0.3) is 0 Å². The van der Waals surface area contributed by atoms with Gasteiger partial charge in [0, 0.05) is 6.04 Å². The van der Waals surface area contributed by atoms with Crippen molar-refractivity contribution >= 4 is 0 Å². The lowest BCUT2D eigenvalue weighted by Crippen LogP contribution is -2.45. The van der Waals surface area contributed by atoms with Crippen molar-refractivity contribution in [3.8, 4) is 0 Å². The third-order valence-corrected chi connectivity index (χ3v) is 3.77. The molecule has 0 radical (unpaired) electrons. The Kier molecular flexibility index (Phi) is 3.57. The second-order valence-electron chi connectivity index (χ2n) is 4.36. The maximum Gasteiger partial charge on any atom is 0.0121 e. The number of nitrogens with one attached hydrogen (secondary N) is 1. The van der Waals surface area contributed by atoms with E-state index < -0.39 is 0 Å². The van der Waals surface area contributed by atoms with E-state index in [0.29, 0.717) is 5.41 Å². The minimum atomic E-state index is 0.542. The molecule has 0 aromatic heterocycles. The first-order valence-corrected chi connectivity index (χ1v) is 5.46. The number of rotatable bonds is 3. The molecule has 0 unspecified atom stereocenters. The van der Waals surface area contributed by atoms with E-state index in [4.69, 9.17) is 0 Å². The molecule has 1 N–H and O–H groups in total. The summed E-state index contributed by atoms with van der Waals surface area (Å²) in [5.41, 5.74) is 0.542. The first kappa shape index (κ1) is 10.0. The van der Waals surface area contributed by atoms with E-state index >= 15 is 0 Å². The molecule has 1 aliphatic heterocycles. The Hall–Kier alpha value is -0.0400. The van der Waals surface area contributed by atoms with Crippen molar-refractivity contribution in [2.75, 3.05) is 6.54 Å². The van der Waals surface area contributed by atoms with E-state index in [0.717, 1.165) is 6.04 Å². The van der Waals surface area contributed by atoms with Crippen LogP contribution in [0.5, 0.6) is 0 Å². The summed E-state index contributed by atoms with van der Waals surface area (Å²) in [5.74, 6) is 0. The normalized spacial score (nSPS) is 25.8. The Morgan fingerprint density at radius 2 is 1.92 bits per heavy atom. The van der Waals surface area contributed by atoms with Gasteiger partial charge in [-0.3, -0.25) is 0 Å². The summed E-state index contributed by atoms with van der Waals surface area (Å²) in [6, 6.07) is 0.779. The second kappa shape index (κ2) is 4.27. The molecule has 0 aromatic carbocycles. The van der Waals surface area contributed by atoms with Crippen LogP contribution in [0.1, 0.15) is 52.9 Å². The van der Waals surface area contributed by atoms with E-state index in [1.54, 1.807) is 0 Å². The van der Waals surface area contributed by atoms with Crippen LogP contribution in [0, 0.1) is 5.41 Å². The fourth-order valence-electron chi connectivity index (χ4n) is 2.19. The SMILES string of the molecule is CCC(C)(CC)[C@@H]1CCCCN1. The van der Waals surface area contributed by atoms with Crippen LogP contribution >= 0.6 is 0 Å². The van der Waals surface area contributed by atoms with Gasteiger partial charge in [0.2, 0.25) is 0 Å². The summed E-state index contributed by atoms with van der Waals surface area (Å²) >= 11 is 0. The van der Waals surface area contributed by atoms with Crippen molar-refractivity contribution in [3.63, 3.8) is 0 Å². The molecule has 0 aliphatic carbocycles. The van der Waals surface area contributed by atoms with Crippen LogP contribution in [-0.2, 0) is 0 Å². The van der Waals surface area contributed by atoms with E-state index in [2.05, 4.69) is 26.1 Å². The highest BCUT2D eigenvalue weighted by molar-refractivity contribution is 4.87. The van der Waals surface area contributed by atoms with Gasteiger partial charge in [-0.25, -0.2) is 0 Å². The average molecular weight is 169 g/mol. The van der Waals surface area contributed by atoms with Crippen molar-refractivity contribution in [3.05, 3.63) is 0 Å². The van der Waals surface area contributed by atoms with Gasteiger partial charge in [0.1, 0.15) is 0 Å². The van der Waals surface area contributed by atoms with Gasteiger partial charge in [-0.15, -0.1) is 0 Å². The minimum Gasteiger partial charge on any atom is -0.313 e. The van der Waals surface area contributed by atoms with E-state index in [1.165, 1.54) is 38.6 Å². The van der Waals surface area contributed by atoms with Crippen LogP contribution in [0.25, 0.3) is 0 Å². The van der Waals surface area contributed by atoms with Crippen molar-refractivity contribution in [1.29, 1.82) is 0 Å². The average Bonchev–Trinajstić information content (AvgIpc) is 2.18. The molecule has 1 rings (SSSR count). The summed E-state index contributed by atoms with van der Waals surface area (Å²) in [6.07, 6.45) is 6.80. The second-order valence-corrected chi connectivity index (χ2v) is 4.36. The van der Waals surface area contributed by atoms with Gasteiger partial charge >= 0.3 is 0 Å². The van der Waals surface area contributed by atoms with E-state index in [9.17, 15) is 0 Å². The Morgan fingerprint density at radius 1 is 1.25 bits per heavy atom. The molecule has 1 nitrogen and oxygen atoms in total. The highest BCUT2D eigenvalue weighted by Gasteiger charge is 2.31. The van der Waals surface area contributed by atoms with Crippen LogP contribution in [0.4, 0.5) is 0 Å². The van der Waals surface area contributed by atoms with Crippen molar-refractivity contribution in [1.82, 2.24) is 5.32 Å². The zero-order valence-electron chi connectivity index (χ0n) is 8.82. The van der Waals surface area contributed by atoms with Crippen molar-refractivity contribution in [2.24, 2.45) is 5.41 Å². The molecule has 0 aromatic rings. The molecular formula is C11H23N. The lowest BCUT2D eigenvalue weighted by atomic mass is 9.74. The summed E-state index contributed by atoms with van der Waals surface area (Å²) in [6.45, 7) is 8.30. The lowest BCUT2D eigenvalue weighted by Gasteiger charge is -2.39. The first-order chi connectivity index (χ1) is 5.73. The summed E-state index contributed by atoms with van der Waals surface area (Å²) < 4.78 is 0.